The zero-order valence-corrected chi connectivity index (χ0v) is 11.6. The first kappa shape index (κ1) is 14.0. The van der Waals surface area contributed by atoms with Gasteiger partial charge in [-0.3, -0.25) is 9.59 Å². The predicted octanol–water partition coefficient (Wildman–Crippen LogP) is 1.85. The third-order valence-corrected chi connectivity index (χ3v) is 3.45. The van der Waals surface area contributed by atoms with Gasteiger partial charge in [0.2, 0.25) is 5.91 Å². The number of carbonyl (C=O) groups excluding carboxylic acids is 1. The van der Waals surface area contributed by atoms with Crippen LogP contribution in [0.15, 0.2) is 0 Å². The van der Waals surface area contributed by atoms with Crippen LogP contribution >= 0.6 is 0 Å². The van der Waals surface area contributed by atoms with Crippen molar-refractivity contribution in [3.8, 4) is 0 Å². The molecule has 0 aliphatic heterocycles. The largest absolute Gasteiger partial charge is 0.481 e. The quantitative estimate of drug-likeness (QED) is 0.820. The Balaban J connectivity index is 2.70. The first-order valence-corrected chi connectivity index (χ1v) is 5.96. The predicted molar refractivity (Wildman–Crippen MR) is 65.5 cm³/mol. The lowest BCUT2D eigenvalue weighted by atomic mass is 9.96. The minimum atomic E-state index is -0.863. The minimum Gasteiger partial charge on any atom is -0.481 e. The molecule has 1 N–H and O–H groups in total. The van der Waals surface area contributed by atoms with Gasteiger partial charge in [-0.1, -0.05) is 34.6 Å². The third-order valence-electron chi connectivity index (χ3n) is 3.45. The van der Waals surface area contributed by atoms with E-state index in [0.717, 1.165) is 0 Å². The lowest BCUT2D eigenvalue weighted by molar-refractivity contribution is -0.142. The molecule has 2 atom stereocenters. The van der Waals surface area contributed by atoms with Crippen LogP contribution in [0, 0.1) is 22.7 Å². The van der Waals surface area contributed by atoms with E-state index in [4.69, 9.17) is 5.11 Å². The summed E-state index contributed by atoms with van der Waals surface area (Å²) in [7, 11) is 1.75. The summed E-state index contributed by atoms with van der Waals surface area (Å²) in [5.41, 5.74) is -0.378. The molecule has 1 aliphatic rings. The fraction of sp³-hybridized carbons (Fsp3) is 0.846. The Labute approximate surface area is 103 Å². The van der Waals surface area contributed by atoms with Gasteiger partial charge in [0.05, 0.1) is 11.8 Å². The topological polar surface area (TPSA) is 57.6 Å². The Hall–Kier alpha value is -1.06. The lowest BCUT2D eigenvalue weighted by Gasteiger charge is -2.27. The molecule has 4 heteroatoms. The maximum Gasteiger partial charge on any atom is 0.307 e. The van der Waals surface area contributed by atoms with Gasteiger partial charge in [-0.05, 0) is 10.8 Å². The second-order valence-corrected chi connectivity index (χ2v) is 6.87. The van der Waals surface area contributed by atoms with Crippen LogP contribution in [0.4, 0.5) is 0 Å². The number of nitrogens with zero attached hydrogens (tertiary/aromatic N) is 1. The van der Waals surface area contributed by atoms with E-state index >= 15 is 0 Å². The highest BCUT2D eigenvalue weighted by molar-refractivity contribution is 5.91. The summed E-state index contributed by atoms with van der Waals surface area (Å²) < 4.78 is 0. The number of hydrogen-bond donors (Lipinski definition) is 1. The summed E-state index contributed by atoms with van der Waals surface area (Å²) in [6.07, 6.45) is 0. The number of carbonyl (C=O) groups is 2. The Morgan fingerprint density at radius 3 is 2.00 bits per heavy atom. The molecule has 4 nitrogen and oxygen atoms in total. The van der Waals surface area contributed by atoms with Crippen molar-refractivity contribution in [2.75, 3.05) is 13.6 Å². The minimum absolute atomic E-state index is 0.0299. The molecule has 1 saturated carbocycles. The summed E-state index contributed by atoms with van der Waals surface area (Å²) >= 11 is 0. The molecule has 0 spiro atoms. The van der Waals surface area contributed by atoms with E-state index < -0.39 is 17.3 Å². The molecule has 1 amide bonds. The van der Waals surface area contributed by atoms with Crippen molar-refractivity contribution < 1.29 is 14.7 Å². The maximum atomic E-state index is 12.2. The van der Waals surface area contributed by atoms with Gasteiger partial charge in [0.15, 0.2) is 0 Å². The molecule has 0 bridgehead atoms. The Bertz CT molecular complexity index is 341. The molecule has 0 aromatic heterocycles. The van der Waals surface area contributed by atoms with Crippen molar-refractivity contribution in [1.29, 1.82) is 0 Å². The fourth-order valence-electron chi connectivity index (χ4n) is 2.59. The first-order chi connectivity index (χ1) is 7.48. The van der Waals surface area contributed by atoms with Crippen LogP contribution in [0.3, 0.4) is 0 Å². The van der Waals surface area contributed by atoms with Crippen molar-refractivity contribution in [2.24, 2.45) is 22.7 Å². The number of amides is 1. The fourth-order valence-corrected chi connectivity index (χ4v) is 2.59. The second kappa shape index (κ2) is 4.00. The average Bonchev–Trinajstić information content (AvgIpc) is 2.64. The molecule has 1 aliphatic carbocycles. The zero-order valence-electron chi connectivity index (χ0n) is 11.6. The van der Waals surface area contributed by atoms with Crippen LogP contribution in [-0.4, -0.2) is 35.5 Å². The van der Waals surface area contributed by atoms with Crippen molar-refractivity contribution in [3.05, 3.63) is 0 Å². The molecular weight excluding hydrogens is 218 g/mol. The van der Waals surface area contributed by atoms with E-state index in [-0.39, 0.29) is 17.2 Å². The summed E-state index contributed by atoms with van der Waals surface area (Å²) in [6.45, 7) is 10.5. The zero-order chi connectivity index (χ0) is 13.6. The number of aliphatic carboxylic acids is 1. The molecule has 0 saturated heterocycles. The van der Waals surface area contributed by atoms with Crippen molar-refractivity contribution in [1.82, 2.24) is 4.90 Å². The van der Waals surface area contributed by atoms with Crippen LogP contribution in [-0.2, 0) is 9.59 Å². The molecule has 0 aromatic rings. The summed E-state index contributed by atoms with van der Waals surface area (Å²) in [6, 6.07) is 0. The van der Waals surface area contributed by atoms with Crippen LogP contribution in [0.25, 0.3) is 0 Å². The average molecular weight is 241 g/mol. The normalized spacial score (nSPS) is 26.5. The highest BCUT2D eigenvalue weighted by Gasteiger charge is 2.66. The molecule has 1 fully saturated rings. The van der Waals surface area contributed by atoms with Gasteiger partial charge in [0, 0.05) is 13.6 Å². The Kier molecular flexibility index (Phi) is 3.29. The van der Waals surface area contributed by atoms with Gasteiger partial charge >= 0.3 is 5.97 Å². The van der Waals surface area contributed by atoms with Gasteiger partial charge in [0.25, 0.3) is 0 Å². The molecule has 0 aromatic carbocycles. The van der Waals surface area contributed by atoms with Crippen molar-refractivity contribution >= 4 is 11.9 Å². The van der Waals surface area contributed by atoms with Crippen LogP contribution < -0.4 is 0 Å². The second-order valence-electron chi connectivity index (χ2n) is 6.87. The van der Waals surface area contributed by atoms with E-state index in [9.17, 15) is 9.59 Å². The number of rotatable bonds is 3. The Morgan fingerprint density at radius 1 is 1.24 bits per heavy atom. The van der Waals surface area contributed by atoms with Crippen LogP contribution in [0.2, 0.25) is 0 Å². The van der Waals surface area contributed by atoms with E-state index in [2.05, 4.69) is 20.8 Å². The van der Waals surface area contributed by atoms with Gasteiger partial charge in [-0.2, -0.15) is 0 Å². The first-order valence-electron chi connectivity index (χ1n) is 5.96. The van der Waals surface area contributed by atoms with Crippen LogP contribution in [0.5, 0.6) is 0 Å². The highest BCUT2D eigenvalue weighted by Crippen LogP contribution is 2.59. The van der Waals surface area contributed by atoms with Gasteiger partial charge < -0.3 is 10.0 Å². The number of carboxylic acids is 1. The molecule has 2 unspecified atom stereocenters. The maximum absolute atomic E-state index is 12.2. The van der Waals surface area contributed by atoms with Gasteiger partial charge in [-0.15, -0.1) is 0 Å². The van der Waals surface area contributed by atoms with E-state index in [1.54, 1.807) is 11.9 Å². The van der Waals surface area contributed by atoms with Crippen molar-refractivity contribution in [3.63, 3.8) is 0 Å². The summed E-state index contributed by atoms with van der Waals surface area (Å²) in [5.74, 6) is -1.81. The molecule has 0 radical (unpaired) electrons. The van der Waals surface area contributed by atoms with E-state index in [1.165, 1.54) is 0 Å². The molecular formula is C13H23NO3. The highest BCUT2D eigenvalue weighted by atomic mass is 16.4. The standard InChI is InChI=1S/C13H23NO3/c1-12(2,3)7-14(6)10(15)8-9(11(16)17)13(8,4)5/h8-9H,7H2,1-6H3,(H,16,17). The smallest absolute Gasteiger partial charge is 0.307 e. The molecule has 0 heterocycles. The number of hydrogen-bond acceptors (Lipinski definition) is 2. The van der Waals surface area contributed by atoms with Gasteiger partial charge in [-0.25, -0.2) is 0 Å². The van der Waals surface area contributed by atoms with Gasteiger partial charge in [0.1, 0.15) is 0 Å². The summed E-state index contributed by atoms with van der Waals surface area (Å²) in [5, 5.41) is 9.05. The van der Waals surface area contributed by atoms with E-state index in [0.29, 0.717) is 6.54 Å². The molecule has 1 rings (SSSR count). The third kappa shape index (κ3) is 2.79. The SMILES string of the molecule is CN(CC(C)(C)C)C(=O)C1C(C(=O)O)C1(C)C. The lowest BCUT2D eigenvalue weighted by Crippen LogP contribution is -2.36. The molecule has 17 heavy (non-hydrogen) atoms. The Morgan fingerprint density at radius 2 is 1.71 bits per heavy atom. The monoisotopic (exact) mass is 241 g/mol. The summed E-state index contributed by atoms with van der Waals surface area (Å²) in [4.78, 5) is 24.9. The van der Waals surface area contributed by atoms with Crippen molar-refractivity contribution in [2.45, 2.75) is 34.6 Å². The van der Waals surface area contributed by atoms with Crippen LogP contribution in [0.1, 0.15) is 34.6 Å². The van der Waals surface area contributed by atoms with E-state index in [1.807, 2.05) is 13.8 Å². The number of carboxylic acid groups (broad SMARTS) is 1. The molecule has 98 valence electrons.